The Labute approximate surface area is 142 Å². The first-order chi connectivity index (χ1) is 12.0. The standard InChI is InChI=1S/C17H18FN5O2/c1-10(2)16-19-8-11(21-16)9-20-17(25)14-7-15(24)22-23(14)13-6-4-3-5-12(13)18/h3-8,10H,9H2,1-2H3,(H,19,21)(H,20,25)(H,22,24). The number of imidazole rings is 1. The first kappa shape index (κ1) is 16.7. The van der Waals surface area contributed by atoms with Crippen molar-refractivity contribution < 1.29 is 9.18 Å². The summed E-state index contributed by atoms with van der Waals surface area (Å²) in [7, 11) is 0. The summed E-state index contributed by atoms with van der Waals surface area (Å²) in [4.78, 5) is 31.4. The van der Waals surface area contributed by atoms with Crippen LogP contribution >= 0.6 is 0 Å². The van der Waals surface area contributed by atoms with Gasteiger partial charge in [0, 0.05) is 12.0 Å². The van der Waals surface area contributed by atoms with E-state index in [4.69, 9.17) is 0 Å². The Morgan fingerprint density at radius 3 is 2.80 bits per heavy atom. The molecule has 0 aliphatic rings. The summed E-state index contributed by atoms with van der Waals surface area (Å²) in [6.45, 7) is 4.23. The highest BCUT2D eigenvalue weighted by Crippen LogP contribution is 2.13. The molecule has 3 aromatic rings. The molecule has 1 aromatic carbocycles. The highest BCUT2D eigenvalue weighted by molar-refractivity contribution is 5.93. The SMILES string of the molecule is CC(C)c1ncc(CNC(=O)c2cc(=O)[nH]n2-c2ccccc2F)[nH]1. The van der Waals surface area contributed by atoms with Crippen molar-refractivity contribution in [2.75, 3.05) is 0 Å². The topological polar surface area (TPSA) is 95.6 Å². The van der Waals surface area contributed by atoms with Gasteiger partial charge in [-0.05, 0) is 12.1 Å². The lowest BCUT2D eigenvalue weighted by Crippen LogP contribution is -2.25. The molecule has 0 aliphatic heterocycles. The first-order valence-electron chi connectivity index (χ1n) is 7.84. The van der Waals surface area contributed by atoms with E-state index in [2.05, 4.69) is 20.4 Å². The number of hydrogen-bond acceptors (Lipinski definition) is 3. The fourth-order valence-electron chi connectivity index (χ4n) is 2.41. The highest BCUT2D eigenvalue weighted by atomic mass is 19.1. The van der Waals surface area contributed by atoms with Gasteiger partial charge in [-0.2, -0.15) is 0 Å². The lowest BCUT2D eigenvalue weighted by Gasteiger charge is -2.09. The monoisotopic (exact) mass is 343 g/mol. The molecule has 1 amide bonds. The van der Waals surface area contributed by atoms with Crippen LogP contribution in [0.4, 0.5) is 4.39 Å². The number of para-hydroxylation sites is 1. The normalized spacial score (nSPS) is 11.0. The van der Waals surface area contributed by atoms with Gasteiger partial charge < -0.3 is 10.3 Å². The van der Waals surface area contributed by atoms with Crippen LogP contribution in [0, 0.1) is 5.82 Å². The quantitative estimate of drug-likeness (QED) is 0.662. The third-order valence-electron chi connectivity index (χ3n) is 3.69. The molecule has 0 saturated heterocycles. The molecule has 130 valence electrons. The number of hydrogen-bond donors (Lipinski definition) is 3. The molecule has 0 atom stereocenters. The molecular weight excluding hydrogens is 325 g/mol. The van der Waals surface area contributed by atoms with E-state index in [1.54, 1.807) is 12.3 Å². The second-order valence-corrected chi connectivity index (χ2v) is 5.92. The molecule has 0 bridgehead atoms. The van der Waals surface area contributed by atoms with Gasteiger partial charge in [-0.15, -0.1) is 0 Å². The molecule has 2 aromatic heterocycles. The summed E-state index contributed by atoms with van der Waals surface area (Å²) in [6, 6.07) is 7.02. The summed E-state index contributed by atoms with van der Waals surface area (Å²) in [6.07, 6.45) is 1.65. The molecule has 2 heterocycles. The maximum Gasteiger partial charge on any atom is 0.270 e. The predicted molar refractivity (Wildman–Crippen MR) is 90.2 cm³/mol. The number of aromatic amines is 2. The number of carbonyl (C=O) groups is 1. The van der Waals surface area contributed by atoms with Crippen molar-refractivity contribution in [3.8, 4) is 5.69 Å². The van der Waals surface area contributed by atoms with Crippen LogP contribution in [0.15, 0.2) is 41.3 Å². The zero-order valence-corrected chi connectivity index (χ0v) is 13.8. The number of nitrogens with one attached hydrogen (secondary N) is 3. The van der Waals surface area contributed by atoms with Crippen molar-refractivity contribution in [1.82, 2.24) is 25.1 Å². The van der Waals surface area contributed by atoms with Crippen molar-refractivity contribution in [2.24, 2.45) is 0 Å². The van der Waals surface area contributed by atoms with E-state index >= 15 is 0 Å². The minimum Gasteiger partial charge on any atom is -0.345 e. The molecular formula is C17H18FN5O2. The third kappa shape index (κ3) is 3.52. The van der Waals surface area contributed by atoms with E-state index in [0.717, 1.165) is 22.3 Å². The van der Waals surface area contributed by atoms with Gasteiger partial charge in [-0.3, -0.25) is 14.7 Å². The lowest BCUT2D eigenvalue weighted by molar-refractivity contribution is 0.0942. The summed E-state index contributed by atoms with van der Waals surface area (Å²) < 4.78 is 15.1. The van der Waals surface area contributed by atoms with Gasteiger partial charge >= 0.3 is 0 Å². The Hall–Kier alpha value is -3.16. The van der Waals surface area contributed by atoms with Crippen LogP contribution in [0.5, 0.6) is 0 Å². The number of aromatic nitrogens is 4. The van der Waals surface area contributed by atoms with Crippen LogP contribution < -0.4 is 10.9 Å². The second kappa shape index (κ2) is 6.76. The third-order valence-corrected chi connectivity index (χ3v) is 3.69. The molecule has 0 radical (unpaired) electrons. The summed E-state index contributed by atoms with van der Waals surface area (Å²) in [5.41, 5.74) is 0.376. The molecule has 3 rings (SSSR count). The van der Waals surface area contributed by atoms with Gasteiger partial charge in [0.2, 0.25) is 0 Å². The van der Waals surface area contributed by atoms with Gasteiger partial charge in [0.05, 0.1) is 24.1 Å². The fourth-order valence-corrected chi connectivity index (χ4v) is 2.41. The smallest absolute Gasteiger partial charge is 0.270 e. The molecule has 0 aliphatic carbocycles. The lowest BCUT2D eigenvalue weighted by atomic mass is 10.2. The van der Waals surface area contributed by atoms with Crippen LogP contribution in [-0.4, -0.2) is 25.7 Å². The van der Waals surface area contributed by atoms with Crippen LogP contribution in [0.1, 0.15) is 41.8 Å². The molecule has 25 heavy (non-hydrogen) atoms. The number of halogens is 1. The number of H-pyrrole nitrogens is 2. The average Bonchev–Trinajstić information content (AvgIpc) is 3.20. The number of nitrogens with zero attached hydrogens (tertiary/aromatic N) is 2. The summed E-state index contributed by atoms with van der Waals surface area (Å²) >= 11 is 0. The van der Waals surface area contributed by atoms with Gasteiger partial charge in [-0.25, -0.2) is 14.1 Å². The van der Waals surface area contributed by atoms with Crippen LogP contribution in [-0.2, 0) is 6.54 Å². The summed E-state index contributed by atoms with van der Waals surface area (Å²) in [5.74, 6) is 0.0374. The number of amides is 1. The number of carbonyl (C=O) groups excluding carboxylic acids is 1. The minimum atomic E-state index is -0.543. The van der Waals surface area contributed by atoms with Crippen molar-refractivity contribution in [2.45, 2.75) is 26.3 Å². The maximum atomic E-state index is 14.0. The van der Waals surface area contributed by atoms with Gasteiger partial charge in [0.25, 0.3) is 11.5 Å². The predicted octanol–water partition coefficient (Wildman–Crippen LogP) is 2.08. The molecule has 0 fully saturated rings. The Morgan fingerprint density at radius 1 is 1.36 bits per heavy atom. The molecule has 0 saturated carbocycles. The number of benzene rings is 1. The highest BCUT2D eigenvalue weighted by Gasteiger charge is 2.17. The van der Waals surface area contributed by atoms with E-state index in [1.807, 2.05) is 13.8 Å². The van der Waals surface area contributed by atoms with Crippen LogP contribution in [0.2, 0.25) is 0 Å². The second-order valence-electron chi connectivity index (χ2n) is 5.92. The van der Waals surface area contributed by atoms with E-state index in [0.29, 0.717) is 0 Å². The van der Waals surface area contributed by atoms with E-state index in [9.17, 15) is 14.0 Å². The maximum absolute atomic E-state index is 14.0. The van der Waals surface area contributed by atoms with Gasteiger partial charge in [-0.1, -0.05) is 26.0 Å². The van der Waals surface area contributed by atoms with Crippen molar-refractivity contribution in [3.63, 3.8) is 0 Å². The number of rotatable bonds is 5. The van der Waals surface area contributed by atoms with Crippen LogP contribution in [0.3, 0.4) is 0 Å². The Morgan fingerprint density at radius 2 is 2.12 bits per heavy atom. The summed E-state index contributed by atoms with van der Waals surface area (Å²) in [5, 5.41) is 5.14. The Balaban J connectivity index is 1.81. The van der Waals surface area contributed by atoms with Crippen molar-refractivity contribution >= 4 is 5.91 Å². The van der Waals surface area contributed by atoms with Crippen molar-refractivity contribution in [3.05, 3.63) is 69.9 Å². The minimum absolute atomic E-state index is 0.0266. The molecule has 7 nitrogen and oxygen atoms in total. The molecule has 0 unspecified atom stereocenters. The van der Waals surface area contributed by atoms with E-state index < -0.39 is 17.3 Å². The fraction of sp³-hybridized carbons (Fsp3) is 0.235. The van der Waals surface area contributed by atoms with E-state index in [1.165, 1.54) is 18.2 Å². The Bertz CT molecular complexity index is 954. The van der Waals surface area contributed by atoms with Gasteiger partial charge in [0.15, 0.2) is 0 Å². The Kier molecular flexibility index (Phi) is 4.51. The van der Waals surface area contributed by atoms with Crippen LogP contribution in [0.25, 0.3) is 5.69 Å². The molecule has 3 N–H and O–H groups in total. The van der Waals surface area contributed by atoms with Crippen molar-refractivity contribution in [1.29, 1.82) is 0 Å². The molecule has 8 heteroatoms. The zero-order valence-electron chi connectivity index (χ0n) is 13.8. The average molecular weight is 343 g/mol. The molecule has 0 spiro atoms. The first-order valence-corrected chi connectivity index (χ1v) is 7.84. The van der Waals surface area contributed by atoms with Gasteiger partial charge in [0.1, 0.15) is 17.3 Å². The van der Waals surface area contributed by atoms with E-state index in [-0.39, 0.29) is 23.8 Å². The zero-order chi connectivity index (χ0) is 18.0. The largest absolute Gasteiger partial charge is 0.345 e.